The Bertz CT molecular complexity index is 645. The van der Waals surface area contributed by atoms with E-state index in [2.05, 4.69) is 25.9 Å². The van der Waals surface area contributed by atoms with Crippen LogP contribution < -0.4 is 10.6 Å². The van der Waals surface area contributed by atoms with Crippen LogP contribution in [0.3, 0.4) is 0 Å². The summed E-state index contributed by atoms with van der Waals surface area (Å²) < 4.78 is 1.85. The highest BCUT2D eigenvalue weighted by molar-refractivity contribution is 5.59. The Morgan fingerprint density at radius 1 is 1.22 bits per heavy atom. The van der Waals surface area contributed by atoms with Gasteiger partial charge in [0.1, 0.15) is 11.5 Å². The molecule has 1 aliphatic heterocycles. The van der Waals surface area contributed by atoms with E-state index in [0.717, 1.165) is 47.1 Å². The van der Waals surface area contributed by atoms with Gasteiger partial charge in [0.2, 0.25) is 0 Å². The second kappa shape index (κ2) is 5.92. The molecule has 23 heavy (non-hydrogen) atoms. The zero-order valence-corrected chi connectivity index (χ0v) is 13.8. The molecule has 1 saturated heterocycles. The third-order valence-electron chi connectivity index (χ3n) is 5.35. The van der Waals surface area contributed by atoms with Crippen molar-refractivity contribution in [2.75, 3.05) is 25.0 Å². The molecule has 2 aromatic rings. The number of hydrogen-bond acceptors (Lipinski definition) is 5. The highest BCUT2D eigenvalue weighted by atomic mass is 15.3. The zero-order chi connectivity index (χ0) is 15.8. The van der Waals surface area contributed by atoms with Gasteiger partial charge >= 0.3 is 0 Å². The molecule has 2 aromatic heterocycles. The maximum atomic E-state index is 4.36. The Labute approximate surface area is 136 Å². The van der Waals surface area contributed by atoms with E-state index in [9.17, 15) is 0 Å². The van der Waals surface area contributed by atoms with Crippen molar-refractivity contribution < 1.29 is 0 Å². The van der Waals surface area contributed by atoms with Gasteiger partial charge in [0.15, 0.2) is 0 Å². The summed E-state index contributed by atoms with van der Waals surface area (Å²) in [6, 6.07) is 4.04. The number of rotatable bonds is 4. The summed E-state index contributed by atoms with van der Waals surface area (Å²) in [5, 5.41) is 19.9. The fourth-order valence-electron chi connectivity index (χ4n) is 4.18. The van der Waals surface area contributed by atoms with Crippen LogP contribution in [0.15, 0.2) is 18.3 Å². The maximum absolute atomic E-state index is 4.36. The summed E-state index contributed by atoms with van der Waals surface area (Å²) >= 11 is 0. The highest BCUT2D eigenvalue weighted by Crippen LogP contribution is 2.38. The van der Waals surface area contributed by atoms with Gasteiger partial charge in [0, 0.05) is 13.6 Å². The number of hydrogen-bond donors (Lipinski definition) is 2. The average molecular weight is 312 g/mol. The van der Waals surface area contributed by atoms with Crippen LogP contribution in [-0.2, 0) is 7.05 Å². The van der Waals surface area contributed by atoms with E-state index in [1.165, 1.54) is 25.9 Å². The summed E-state index contributed by atoms with van der Waals surface area (Å²) in [7, 11) is 1.93. The second-order valence-electron chi connectivity index (χ2n) is 7.00. The first kappa shape index (κ1) is 14.6. The van der Waals surface area contributed by atoms with Gasteiger partial charge in [-0.1, -0.05) is 0 Å². The molecule has 2 aliphatic rings. The van der Waals surface area contributed by atoms with Crippen molar-refractivity contribution in [3.8, 4) is 11.4 Å². The first-order chi connectivity index (χ1) is 11.2. The standard InChI is InChI=1S/C17H24N6/c1-11-7-20-23(2)17(11)15-3-4-16(22-21-15)19-8-12-5-13-9-18-10-14(13)6-12/h3-4,7,12-14,18H,5-6,8-10H2,1-2H3,(H,19,22)/t12?,13-,14?/m1/s1. The summed E-state index contributed by atoms with van der Waals surface area (Å²) in [5.41, 5.74) is 3.02. The van der Waals surface area contributed by atoms with Gasteiger partial charge in [0.05, 0.1) is 11.9 Å². The van der Waals surface area contributed by atoms with E-state index < -0.39 is 0 Å². The van der Waals surface area contributed by atoms with Crippen molar-refractivity contribution in [2.24, 2.45) is 24.8 Å². The molecule has 6 heteroatoms. The second-order valence-corrected chi connectivity index (χ2v) is 7.00. The third-order valence-corrected chi connectivity index (χ3v) is 5.35. The zero-order valence-electron chi connectivity index (χ0n) is 13.8. The SMILES string of the molecule is Cc1cnn(C)c1-c1ccc(NCC2CC3CNC[C@H]3C2)nn1. The molecular weight excluding hydrogens is 288 g/mol. The van der Waals surface area contributed by atoms with Gasteiger partial charge in [-0.2, -0.15) is 5.10 Å². The first-order valence-corrected chi connectivity index (χ1v) is 8.48. The van der Waals surface area contributed by atoms with E-state index in [1.54, 1.807) is 0 Å². The van der Waals surface area contributed by atoms with E-state index in [1.807, 2.05) is 37.0 Å². The van der Waals surface area contributed by atoms with E-state index in [0.29, 0.717) is 0 Å². The minimum absolute atomic E-state index is 0.771. The number of aryl methyl sites for hydroxylation is 2. The lowest BCUT2D eigenvalue weighted by Gasteiger charge is -2.13. The van der Waals surface area contributed by atoms with Crippen molar-refractivity contribution in [3.05, 3.63) is 23.9 Å². The van der Waals surface area contributed by atoms with Gasteiger partial charge in [-0.05, 0) is 68.3 Å². The van der Waals surface area contributed by atoms with Crippen LogP contribution in [0.5, 0.6) is 0 Å². The summed E-state index contributed by atoms with van der Waals surface area (Å²) in [6.07, 6.45) is 4.53. The number of nitrogens with one attached hydrogen (secondary N) is 2. The number of fused-ring (bicyclic) bond motifs is 1. The summed E-state index contributed by atoms with van der Waals surface area (Å²) in [4.78, 5) is 0. The molecule has 0 amide bonds. The van der Waals surface area contributed by atoms with Crippen LogP contribution in [0.2, 0.25) is 0 Å². The summed E-state index contributed by atoms with van der Waals surface area (Å²) in [6.45, 7) is 5.47. The molecule has 0 bridgehead atoms. The van der Waals surface area contributed by atoms with E-state index >= 15 is 0 Å². The Hall–Kier alpha value is -1.95. The molecular formula is C17H24N6. The molecule has 0 spiro atoms. The van der Waals surface area contributed by atoms with Crippen molar-refractivity contribution >= 4 is 5.82 Å². The topological polar surface area (TPSA) is 67.7 Å². The van der Waals surface area contributed by atoms with Gasteiger partial charge < -0.3 is 10.6 Å². The normalized spacial score (nSPS) is 26.4. The van der Waals surface area contributed by atoms with Crippen LogP contribution >= 0.6 is 0 Å². The molecule has 3 atom stereocenters. The number of aromatic nitrogens is 4. The lowest BCUT2D eigenvalue weighted by molar-refractivity contribution is 0.494. The van der Waals surface area contributed by atoms with Gasteiger partial charge in [-0.25, -0.2) is 0 Å². The smallest absolute Gasteiger partial charge is 0.148 e. The highest BCUT2D eigenvalue weighted by Gasteiger charge is 2.36. The molecule has 4 rings (SSSR count). The van der Waals surface area contributed by atoms with Crippen LogP contribution in [-0.4, -0.2) is 39.6 Å². The molecule has 2 unspecified atom stereocenters. The Morgan fingerprint density at radius 2 is 2.00 bits per heavy atom. The van der Waals surface area contributed by atoms with Crippen molar-refractivity contribution in [1.82, 2.24) is 25.3 Å². The molecule has 1 saturated carbocycles. The molecule has 0 aromatic carbocycles. The molecule has 122 valence electrons. The first-order valence-electron chi connectivity index (χ1n) is 8.48. The van der Waals surface area contributed by atoms with Crippen molar-refractivity contribution in [3.63, 3.8) is 0 Å². The van der Waals surface area contributed by atoms with Crippen LogP contribution in [0.4, 0.5) is 5.82 Å². The minimum Gasteiger partial charge on any atom is -0.368 e. The van der Waals surface area contributed by atoms with E-state index in [-0.39, 0.29) is 0 Å². The summed E-state index contributed by atoms with van der Waals surface area (Å²) in [5.74, 6) is 3.42. The largest absolute Gasteiger partial charge is 0.368 e. The molecule has 1 aliphatic carbocycles. The third kappa shape index (κ3) is 2.83. The Morgan fingerprint density at radius 3 is 2.61 bits per heavy atom. The van der Waals surface area contributed by atoms with Crippen LogP contribution in [0.1, 0.15) is 18.4 Å². The predicted molar refractivity (Wildman–Crippen MR) is 90.0 cm³/mol. The predicted octanol–water partition coefficient (Wildman–Crippen LogP) is 1.84. The lowest BCUT2D eigenvalue weighted by Crippen LogP contribution is -2.17. The average Bonchev–Trinajstić information content (AvgIpc) is 3.21. The van der Waals surface area contributed by atoms with Crippen molar-refractivity contribution in [2.45, 2.75) is 19.8 Å². The Balaban J connectivity index is 1.37. The van der Waals surface area contributed by atoms with Gasteiger partial charge in [-0.3, -0.25) is 4.68 Å². The van der Waals surface area contributed by atoms with Gasteiger partial charge in [-0.15, -0.1) is 10.2 Å². The fraction of sp³-hybridized carbons (Fsp3) is 0.588. The molecule has 3 heterocycles. The quantitative estimate of drug-likeness (QED) is 0.902. The van der Waals surface area contributed by atoms with Crippen LogP contribution in [0, 0.1) is 24.7 Å². The van der Waals surface area contributed by atoms with Crippen molar-refractivity contribution in [1.29, 1.82) is 0 Å². The van der Waals surface area contributed by atoms with Gasteiger partial charge in [0.25, 0.3) is 0 Å². The molecule has 2 N–H and O–H groups in total. The fourth-order valence-corrected chi connectivity index (χ4v) is 4.18. The monoisotopic (exact) mass is 312 g/mol. The van der Waals surface area contributed by atoms with E-state index in [4.69, 9.17) is 0 Å². The van der Waals surface area contributed by atoms with Crippen LogP contribution in [0.25, 0.3) is 11.4 Å². The number of anilines is 1. The minimum atomic E-state index is 0.771. The molecule has 0 radical (unpaired) electrons. The molecule has 2 fully saturated rings. The number of nitrogens with zero attached hydrogens (tertiary/aromatic N) is 4. The maximum Gasteiger partial charge on any atom is 0.148 e. The Kier molecular flexibility index (Phi) is 3.77. The molecule has 6 nitrogen and oxygen atoms in total. The lowest BCUT2D eigenvalue weighted by atomic mass is 10.0.